The van der Waals surface area contributed by atoms with Gasteiger partial charge >= 0.3 is 0 Å². The zero-order valence-corrected chi connectivity index (χ0v) is 10.9. The van der Waals surface area contributed by atoms with Crippen LogP contribution in [0.3, 0.4) is 0 Å². The van der Waals surface area contributed by atoms with Crippen molar-refractivity contribution in [1.82, 2.24) is 5.32 Å². The minimum atomic E-state index is -3.03. The summed E-state index contributed by atoms with van der Waals surface area (Å²) in [5.74, 6) is 0.387. The fourth-order valence-electron chi connectivity index (χ4n) is 1.43. The molecule has 1 N–H and O–H groups in total. The predicted octanol–water partition coefficient (Wildman–Crippen LogP) is -0.288. The topological polar surface area (TPSA) is 80.3 Å². The van der Waals surface area contributed by atoms with E-state index < -0.39 is 19.7 Å². The average Bonchev–Trinajstić information content (AvgIpc) is 2.53. The number of hydrogen-bond acceptors (Lipinski definition) is 5. The van der Waals surface area contributed by atoms with Gasteiger partial charge in [-0.25, -0.2) is 16.8 Å². The molecular formula is C9H17NO4S2. The molecule has 0 aromatic rings. The van der Waals surface area contributed by atoms with E-state index >= 15 is 0 Å². The van der Waals surface area contributed by atoms with Crippen LogP contribution in [0.15, 0.2) is 11.5 Å². The fraction of sp³-hybridized carbons (Fsp3) is 0.778. The first kappa shape index (κ1) is 13.7. The van der Waals surface area contributed by atoms with Crippen molar-refractivity contribution in [2.75, 3.05) is 23.8 Å². The summed E-state index contributed by atoms with van der Waals surface area (Å²) in [5, 5.41) is 4.21. The van der Waals surface area contributed by atoms with E-state index in [-0.39, 0.29) is 23.3 Å². The molecule has 0 aromatic carbocycles. The summed E-state index contributed by atoms with van der Waals surface area (Å²) in [6.07, 6.45) is 2.12. The minimum Gasteiger partial charge on any atom is -0.309 e. The van der Waals surface area contributed by atoms with E-state index in [0.29, 0.717) is 13.0 Å². The van der Waals surface area contributed by atoms with Crippen LogP contribution in [-0.4, -0.2) is 46.7 Å². The molecule has 0 fully saturated rings. The summed E-state index contributed by atoms with van der Waals surface area (Å²) in [7, 11) is -5.94. The highest BCUT2D eigenvalue weighted by Gasteiger charge is 2.20. The van der Waals surface area contributed by atoms with Gasteiger partial charge in [0.2, 0.25) is 0 Å². The molecule has 5 nitrogen and oxygen atoms in total. The third kappa shape index (κ3) is 4.63. The van der Waals surface area contributed by atoms with Crippen LogP contribution in [0.1, 0.15) is 13.3 Å². The SMILES string of the molecule is CCS(=O)(=O)CCCNC1C=CS(=O)(=O)C1. The highest BCUT2D eigenvalue weighted by atomic mass is 32.2. The maximum absolute atomic E-state index is 11.2. The average molecular weight is 267 g/mol. The molecular weight excluding hydrogens is 250 g/mol. The number of rotatable bonds is 6. The van der Waals surface area contributed by atoms with Gasteiger partial charge in [0.15, 0.2) is 9.84 Å². The molecule has 0 spiro atoms. The summed E-state index contributed by atoms with van der Waals surface area (Å²) in [6.45, 7) is 2.14. The van der Waals surface area contributed by atoms with Crippen LogP contribution in [0.4, 0.5) is 0 Å². The third-order valence-corrected chi connectivity index (χ3v) is 5.59. The van der Waals surface area contributed by atoms with Crippen LogP contribution in [-0.2, 0) is 19.7 Å². The molecule has 0 bridgehead atoms. The molecule has 1 rings (SSSR count). The van der Waals surface area contributed by atoms with Crippen molar-refractivity contribution >= 4 is 19.7 Å². The standard InChI is InChI=1S/C9H17NO4S2/c1-2-15(11,12)6-3-5-10-9-4-7-16(13,14)8-9/h4,7,9-10H,2-3,5-6,8H2,1H3. The van der Waals surface area contributed by atoms with Crippen LogP contribution >= 0.6 is 0 Å². The van der Waals surface area contributed by atoms with Gasteiger partial charge in [0, 0.05) is 17.2 Å². The largest absolute Gasteiger partial charge is 0.309 e. The predicted molar refractivity (Wildman–Crippen MR) is 63.7 cm³/mol. The third-order valence-electron chi connectivity index (χ3n) is 2.41. The second-order valence-corrected chi connectivity index (χ2v) is 8.21. The van der Waals surface area contributed by atoms with Crippen LogP contribution in [0.25, 0.3) is 0 Å². The van der Waals surface area contributed by atoms with Gasteiger partial charge in [0.25, 0.3) is 0 Å². The molecule has 94 valence electrons. The molecule has 1 aliphatic heterocycles. The molecule has 0 aromatic heterocycles. The summed E-state index contributed by atoms with van der Waals surface area (Å²) >= 11 is 0. The van der Waals surface area contributed by atoms with Gasteiger partial charge < -0.3 is 5.32 Å². The number of hydrogen-bond donors (Lipinski definition) is 1. The normalized spacial score (nSPS) is 23.7. The van der Waals surface area contributed by atoms with Crippen molar-refractivity contribution in [3.05, 3.63) is 11.5 Å². The van der Waals surface area contributed by atoms with Crippen molar-refractivity contribution < 1.29 is 16.8 Å². The Balaban J connectivity index is 2.21. The lowest BCUT2D eigenvalue weighted by Gasteiger charge is -2.09. The quantitative estimate of drug-likeness (QED) is 0.669. The van der Waals surface area contributed by atoms with Gasteiger partial charge in [-0.05, 0) is 13.0 Å². The molecule has 1 atom stereocenters. The molecule has 1 aliphatic rings. The molecule has 0 aliphatic carbocycles. The van der Waals surface area contributed by atoms with E-state index in [9.17, 15) is 16.8 Å². The molecule has 0 saturated heterocycles. The lowest BCUT2D eigenvalue weighted by Crippen LogP contribution is -2.31. The second-order valence-electron chi connectivity index (χ2n) is 3.81. The minimum absolute atomic E-state index is 0.0769. The van der Waals surface area contributed by atoms with Crippen molar-refractivity contribution in [3.8, 4) is 0 Å². The first-order chi connectivity index (χ1) is 7.35. The molecule has 0 amide bonds. The van der Waals surface area contributed by atoms with Gasteiger partial charge in [-0.3, -0.25) is 0 Å². The van der Waals surface area contributed by atoms with E-state index in [1.54, 1.807) is 13.0 Å². The first-order valence-corrected chi connectivity index (χ1v) is 8.73. The van der Waals surface area contributed by atoms with Crippen molar-refractivity contribution in [2.24, 2.45) is 0 Å². The van der Waals surface area contributed by atoms with Crippen molar-refractivity contribution in [3.63, 3.8) is 0 Å². The van der Waals surface area contributed by atoms with Crippen LogP contribution in [0, 0.1) is 0 Å². The smallest absolute Gasteiger partial charge is 0.173 e. The molecule has 7 heteroatoms. The Morgan fingerprint density at radius 1 is 1.44 bits per heavy atom. The summed E-state index contributed by atoms with van der Waals surface area (Å²) in [4.78, 5) is 0. The van der Waals surface area contributed by atoms with Gasteiger partial charge in [-0.2, -0.15) is 0 Å². The van der Waals surface area contributed by atoms with E-state index in [2.05, 4.69) is 5.32 Å². The molecule has 1 unspecified atom stereocenters. The zero-order valence-electron chi connectivity index (χ0n) is 9.22. The van der Waals surface area contributed by atoms with Crippen LogP contribution in [0.2, 0.25) is 0 Å². The molecule has 0 radical (unpaired) electrons. The molecule has 1 heterocycles. The van der Waals surface area contributed by atoms with Gasteiger partial charge in [-0.15, -0.1) is 0 Å². The zero-order chi connectivity index (χ0) is 12.2. The van der Waals surface area contributed by atoms with Gasteiger partial charge in [0.1, 0.15) is 9.84 Å². The van der Waals surface area contributed by atoms with E-state index in [1.807, 2.05) is 0 Å². The highest BCUT2D eigenvalue weighted by Crippen LogP contribution is 2.07. The summed E-state index contributed by atoms with van der Waals surface area (Å²) in [6, 6.07) is -0.172. The maximum Gasteiger partial charge on any atom is 0.173 e. The Morgan fingerprint density at radius 3 is 2.62 bits per heavy atom. The van der Waals surface area contributed by atoms with E-state index in [4.69, 9.17) is 0 Å². The molecule has 16 heavy (non-hydrogen) atoms. The van der Waals surface area contributed by atoms with Gasteiger partial charge in [-0.1, -0.05) is 13.0 Å². The lowest BCUT2D eigenvalue weighted by molar-refractivity contribution is 0.577. The Kier molecular flexibility index (Phi) is 4.52. The molecule has 0 saturated carbocycles. The van der Waals surface area contributed by atoms with Crippen LogP contribution < -0.4 is 5.32 Å². The van der Waals surface area contributed by atoms with Crippen LogP contribution in [0.5, 0.6) is 0 Å². The van der Waals surface area contributed by atoms with Gasteiger partial charge in [0.05, 0.1) is 11.5 Å². The Bertz CT molecular complexity index is 450. The second kappa shape index (κ2) is 5.29. The fourth-order valence-corrected chi connectivity index (χ4v) is 3.57. The first-order valence-electron chi connectivity index (χ1n) is 5.19. The highest BCUT2D eigenvalue weighted by molar-refractivity contribution is 7.94. The Hall–Kier alpha value is -0.400. The van der Waals surface area contributed by atoms with Crippen molar-refractivity contribution in [1.29, 1.82) is 0 Å². The monoisotopic (exact) mass is 267 g/mol. The number of sulfone groups is 2. The maximum atomic E-state index is 11.2. The number of nitrogens with one attached hydrogen (secondary N) is 1. The van der Waals surface area contributed by atoms with Crippen molar-refractivity contribution in [2.45, 2.75) is 19.4 Å². The Morgan fingerprint density at radius 2 is 2.12 bits per heavy atom. The summed E-state index contributed by atoms with van der Waals surface area (Å²) < 4.78 is 44.4. The van der Waals surface area contributed by atoms with E-state index in [1.165, 1.54) is 5.41 Å². The van der Waals surface area contributed by atoms with E-state index in [0.717, 1.165) is 0 Å². The summed E-state index contributed by atoms with van der Waals surface area (Å²) in [5.41, 5.74) is 0. The Labute approximate surface area is 96.8 Å². The lowest BCUT2D eigenvalue weighted by atomic mass is 10.3.